The molecule has 1 aromatic carbocycles. The van der Waals surface area contributed by atoms with Crippen molar-refractivity contribution in [1.29, 1.82) is 0 Å². The van der Waals surface area contributed by atoms with E-state index in [4.69, 9.17) is 10.5 Å². The molecule has 0 saturated heterocycles. The van der Waals surface area contributed by atoms with Crippen molar-refractivity contribution < 1.29 is 9.13 Å². The van der Waals surface area contributed by atoms with Crippen LogP contribution in [0.5, 0.6) is 5.75 Å². The van der Waals surface area contributed by atoms with Crippen molar-refractivity contribution in [2.75, 3.05) is 24.7 Å². The van der Waals surface area contributed by atoms with Crippen molar-refractivity contribution in [2.24, 2.45) is 0 Å². The van der Waals surface area contributed by atoms with Crippen LogP contribution in [0.4, 0.5) is 16.3 Å². The molecule has 0 aliphatic rings. The summed E-state index contributed by atoms with van der Waals surface area (Å²) in [5.41, 5.74) is 5.59. The fourth-order valence-electron chi connectivity index (χ4n) is 1.39. The Labute approximate surface area is 110 Å². The highest BCUT2D eigenvalue weighted by atomic mass is 19.1. The van der Waals surface area contributed by atoms with Crippen LogP contribution in [0.2, 0.25) is 0 Å². The van der Waals surface area contributed by atoms with Crippen molar-refractivity contribution >= 4 is 11.9 Å². The summed E-state index contributed by atoms with van der Waals surface area (Å²) in [6.07, 6.45) is 0. The van der Waals surface area contributed by atoms with Crippen molar-refractivity contribution in [2.45, 2.75) is 6.61 Å². The minimum Gasteiger partial charge on any atom is -0.486 e. The van der Waals surface area contributed by atoms with Crippen LogP contribution >= 0.6 is 0 Å². The molecule has 0 amide bonds. The molecule has 7 heteroatoms. The number of anilines is 2. The first-order chi connectivity index (χ1) is 9.04. The summed E-state index contributed by atoms with van der Waals surface area (Å²) in [6.45, 7) is 0.0943. The summed E-state index contributed by atoms with van der Waals surface area (Å²) < 4.78 is 18.4. The van der Waals surface area contributed by atoms with Crippen LogP contribution in [0.25, 0.3) is 0 Å². The highest BCUT2D eigenvalue weighted by Gasteiger charge is 2.07. The number of hydrogen-bond donors (Lipinski definition) is 1. The molecule has 0 aliphatic heterocycles. The van der Waals surface area contributed by atoms with Crippen LogP contribution in [0.15, 0.2) is 24.3 Å². The number of benzene rings is 1. The average Bonchev–Trinajstić information content (AvgIpc) is 2.36. The van der Waals surface area contributed by atoms with Gasteiger partial charge in [0.25, 0.3) is 0 Å². The van der Waals surface area contributed by atoms with Gasteiger partial charge in [-0.25, -0.2) is 4.39 Å². The van der Waals surface area contributed by atoms with Gasteiger partial charge in [-0.3, -0.25) is 0 Å². The molecular formula is C12H14FN5O. The molecule has 0 unspecified atom stereocenters. The predicted octanol–water partition coefficient (Wildman–Crippen LogP) is 1.24. The van der Waals surface area contributed by atoms with Gasteiger partial charge in [0.1, 0.15) is 18.2 Å². The van der Waals surface area contributed by atoms with Crippen LogP contribution in [0.1, 0.15) is 5.82 Å². The summed E-state index contributed by atoms with van der Waals surface area (Å²) in [5.74, 6) is 1.01. The number of nitrogens with two attached hydrogens (primary N) is 1. The first-order valence-corrected chi connectivity index (χ1v) is 5.61. The lowest BCUT2D eigenvalue weighted by molar-refractivity contribution is 0.294. The summed E-state index contributed by atoms with van der Waals surface area (Å²) in [6, 6.07) is 5.85. The molecule has 0 fully saturated rings. The fourth-order valence-corrected chi connectivity index (χ4v) is 1.39. The van der Waals surface area contributed by atoms with Crippen molar-refractivity contribution in [1.82, 2.24) is 15.0 Å². The smallest absolute Gasteiger partial charge is 0.230 e. The maximum atomic E-state index is 13.0. The van der Waals surface area contributed by atoms with Crippen molar-refractivity contribution in [3.8, 4) is 5.75 Å². The summed E-state index contributed by atoms with van der Waals surface area (Å²) in [5, 5.41) is 0. The first-order valence-electron chi connectivity index (χ1n) is 5.61. The van der Waals surface area contributed by atoms with Crippen molar-refractivity contribution in [3.63, 3.8) is 0 Å². The maximum absolute atomic E-state index is 13.0. The van der Waals surface area contributed by atoms with Gasteiger partial charge in [-0.15, -0.1) is 0 Å². The van der Waals surface area contributed by atoms with Gasteiger partial charge in [0.05, 0.1) is 0 Å². The Kier molecular flexibility index (Phi) is 3.74. The van der Waals surface area contributed by atoms with Gasteiger partial charge >= 0.3 is 0 Å². The second-order valence-corrected chi connectivity index (χ2v) is 4.05. The molecule has 19 heavy (non-hydrogen) atoms. The van der Waals surface area contributed by atoms with Gasteiger partial charge in [-0.2, -0.15) is 15.0 Å². The fraction of sp³-hybridized carbons (Fsp3) is 0.250. The van der Waals surface area contributed by atoms with Crippen LogP contribution in [-0.4, -0.2) is 29.0 Å². The SMILES string of the molecule is CN(C)c1nc(N)nc(COc2cccc(F)c2)n1. The minimum absolute atomic E-state index is 0.0943. The molecule has 2 aromatic rings. The van der Waals surface area contributed by atoms with E-state index < -0.39 is 0 Å². The Bertz CT molecular complexity index is 576. The Morgan fingerprint density at radius 3 is 2.74 bits per heavy atom. The lowest BCUT2D eigenvalue weighted by Crippen LogP contribution is -2.16. The van der Waals surface area contributed by atoms with Gasteiger partial charge < -0.3 is 15.4 Å². The predicted molar refractivity (Wildman–Crippen MR) is 69.3 cm³/mol. The van der Waals surface area contributed by atoms with Gasteiger partial charge in [0.15, 0.2) is 5.82 Å². The standard InChI is InChI=1S/C12H14FN5O/c1-18(2)12-16-10(15-11(14)17-12)7-19-9-5-3-4-8(13)6-9/h3-6H,7H2,1-2H3,(H2,14,15,16,17). The zero-order chi connectivity index (χ0) is 13.8. The number of hydrogen-bond acceptors (Lipinski definition) is 6. The molecule has 1 aromatic heterocycles. The molecule has 0 aliphatic carbocycles. The van der Waals surface area contributed by atoms with Crippen LogP contribution < -0.4 is 15.4 Å². The summed E-state index contributed by atoms with van der Waals surface area (Å²) in [4.78, 5) is 13.8. The molecule has 2 rings (SSSR count). The summed E-state index contributed by atoms with van der Waals surface area (Å²) >= 11 is 0. The minimum atomic E-state index is -0.360. The zero-order valence-corrected chi connectivity index (χ0v) is 10.7. The molecule has 100 valence electrons. The summed E-state index contributed by atoms with van der Waals surface area (Å²) in [7, 11) is 3.60. The molecule has 0 saturated carbocycles. The molecular weight excluding hydrogens is 249 g/mol. The van der Waals surface area contributed by atoms with Crippen molar-refractivity contribution in [3.05, 3.63) is 35.9 Å². The Morgan fingerprint density at radius 2 is 2.05 bits per heavy atom. The molecule has 0 bridgehead atoms. The quantitative estimate of drug-likeness (QED) is 0.894. The molecule has 0 atom stereocenters. The Hall–Kier alpha value is -2.44. The van der Waals surface area contributed by atoms with Crippen LogP contribution in [0.3, 0.4) is 0 Å². The van der Waals surface area contributed by atoms with E-state index in [1.807, 2.05) is 0 Å². The maximum Gasteiger partial charge on any atom is 0.230 e. The molecule has 1 heterocycles. The molecule has 0 spiro atoms. The average molecular weight is 263 g/mol. The third-order valence-corrected chi connectivity index (χ3v) is 2.25. The van der Waals surface area contributed by atoms with Crippen LogP contribution in [0, 0.1) is 5.82 Å². The van der Waals surface area contributed by atoms with E-state index in [1.54, 1.807) is 31.1 Å². The van der Waals surface area contributed by atoms with Gasteiger partial charge in [-0.05, 0) is 12.1 Å². The highest BCUT2D eigenvalue weighted by Crippen LogP contribution is 2.14. The van der Waals surface area contributed by atoms with E-state index >= 15 is 0 Å². The van der Waals surface area contributed by atoms with E-state index in [9.17, 15) is 4.39 Å². The second-order valence-electron chi connectivity index (χ2n) is 4.05. The lowest BCUT2D eigenvalue weighted by atomic mass is 10.3. The van der Waals surface area contributed by atoms with E-state index in [2.05, 4.69) is 15.0 Å². The normalized spacial score (nSPS) is 10.3. The first kappa shape index (κ1) is 13.0. The Morgan fingerprint density at radius 1 is 1.26 bits per heavy atom. The van der Waals surface area contributed by atoms with Gasteiger partial charge in [0.2, 0.25) is 11.9 Å². The Balaban J connectivity index is 2.11. The third kappa shape index (κ3) is 3.51. The van der Waals surface area contributed by atoms with E-state index in [0.717, 1.165) is 0 Å². The van der Waals surface area contributed by atoms with E-state index in [1.165, 1.54) is 12.1 Å². The number of ether oxygens (including phenoxy) is 1. The highest BCUT2D eigenvalue weighted by molar-refractivity contribution is 5.32. The largest absolute Gasteiger partial charge is 0.486 e. The number of nitrogen functional groups attached to an aromatic ring is 1. The molecule has 6 nitrogen and oxygen atoms in total. The van der Waals surface area contributed by atoms with Crippen LogP contribution in [-0.2, 0) is 6.61 Å². The van der Waals surface area contributed by atoms with Gasteiger partial charge in [0, 0.05) is 20.2 Å². The topological polar surface area (TPSA) is 77.2 Å². The second kappa shape index (κ2) is 5.47. The number of halogens is 1. The lowest BCUT2D eigenvalue weighted by Gasteiger charge is -2.11. The number of rotatable bonds is 4. The molecule has 2 N–H and O–H groups in total. The molecule has 0 radical (unpaired) electrons. The zero-order valence-electron chi connectivity index (χ0n) is 10.7. The monoisotopic (exact) mass is 263 g/mol. The number of aromatic nitrogens is 3. The number of nitrogens with zero attached hydrogens (tertiary/aromatic N) is 4. The third-order valence-electron chi connectivity index (χ3n) is 2.25. The van der Waals surface area contributed by atoms with E-state index in [-0.39, 0.29) is 18.4 Å². The van der Waals surface area contributed by atoms with E-state index in [0.29, 0.717) is 17.5 Å². The van der Waals surface area contributed by atoms with Gasteiger partial charge in [-0.1, -0.05) is 6.07 Å².